The fraction of sp³-hybridized carbons (Fsp3) is 0.941. The molecule has 23 unspecified atom stereocenters. The molecule has 13 aliphatic rings. The van der Waals surface area contributed by atoms with Crippen molar-refractivity contribution in [2.75, 3.05) is 0 Å². The fourth-order valence-corrected chi connectivity index (χ4v) is 22.5. The second kappa shape index (κ2) is 45.5. The molecule has 12 bridgehead atoms. The highest BCUT2D eigenvalue weighted by atomic mass is 16.6. The number of esters is 6. The molecular weight excluding hydrogens is 1410 g/mol. The molecule has 0 aliphatic heterocycles. The van der Waals surface area contributed by atoms with Gasteiger partial charge in [-0.15, -0.1) is 0 Å². The van der Waals surface area contributed by atoms with Gasteiger partial charge in [0, 0.05) is 16.7 Å². The number of carbonyl (C=O) groups is 6. The van der Waals surface area contributed by atoms with E-state index in [0.717, 1.165) is 125 Å². The Balaban J connectivity index is -0.000000405. The molecule has 0 spiro atoms. The highest BCUT2D eigenvalue weighted by Crippen LogP contribution is 2.70. The van der Waals surface area contributed by atoms with Gasteiger partial charge in [0.2, 0.25) is 0 Å². The van der Waals surface area contributed by atoms with Crippen LogP contribution in [0.5, 0.6) is 0 Å². The van der Waals surface area contributed by atoms with Crippen molar-refractivity contribution in [3.05, 3.63) is 0 Å². The molecule has 0 aromatic heterocycles. The van der Waals surface area contributed by atoms with E-state index < -0.39 is 0 Å². The molecule has 13 fully saturated rings. The van der Waals surface area contributed by atoms with Crippen LogP contribution in [0.2, 0.25) is 0 Å². The van der Waals surface area contributed by atoms with Crippen LogP contribution in [0, 0.1) is 122 Å². The van der Waals surface area contributed by atoms with E-state index in [1.54, 1.807) is 0 Å². The second-order valence-corrected chi connectivity index (χ2v) is 40.0. The number of ether oxygens (including phenoxy) is 6. The average molecular weight is 1610 g/mol. The number of fused-ring (bicyclic) bond motifs is 15. The maximum atomic E-state index is 12.5. The van der Waals surface area contributed by atoms with Crippen LogP contribution in [-0.2, 0) is 57.2 Å². The minimum absolute atomic E-state index is 0. The van der Waals surface area contributed by atoms with E-state index in [4.69, 9.17) is 28.4 Å². The molecule has 0 amide bonds. The zero-order chi connectivity index (χ0) is 75.1. The molecule has 0 N–H and O–H groups in total. The number of carbonyl (C=O) groups excluding carboxylic acids is 6. The van der Waals surface area contributed by atoms with Gasteiger partial charge in [0.25, 0.3) is 0 Å². The quantitative estimate of drug-likeness (QED) is 0.0840. The van der Waals surface area contributed by atoms with Crippen LogP contribution < -0.4 is 0 Å². The van der Waals surface area contributed by atoms with Gasteiger partial charge in [0.05, 0.1) is 34.0 Å². The Bertz CT molecular complexity index is 2850. The van der Waals surface area contributed by atoms with Crippen LogP contribution in [0.1, 0.15) is 461 Å². The van der Waals surface area contributed by atoms with E-state index in [1.165, 1.54) is 122 Å². The normalized spacial score (nSPS) is 35.9. The molecule has 12 heteroatoms. The van der Waals surface area contributed by atoms with Crippen molar-refractivity contribution in [3.8, 4) is 0 Å². The second-order valence-electron chi connectivity index (χ2n) is 40.0. The molecule has 0 aromatic carbocycles. The molecule has 12 nitrogen and oxygen atoms in total. The lowest BCUT2D eigenvalue weighted by atomic mass is 9.61. The average Bonchev–Trinajstić information content (AvgIpc) is 1.53. The third kappa shape index (κ3) is 24.3. The maximum absolute atomic E-state index is 12.5. The predicted molar refractivity (Wildman–Crippen MR) is 486 cm³/mol. The van der Waals surface area contributed by atoms with Gasteiger partial charge in [-0.2, -0.15) is 0 Å². The van der Waals surface area contributed by atoms with Crippen LogP contribution in [0.25, 0.3) is 0 Å². The highest BCUT2D eigenvalue weighted by molar-refractivity contribution is 5.78. The molecule has 13 aliphatic carbocycles. The Morgan fingerprint density at radius 2 is 0.681 bits per heavy atom. The topological polar surface area (TPSA) is 158 Å². The molecule has 13 rings (SSSR count). The standard InChI is InChI=1S/C17H30O2.C16H26O2.C15H26O2.2C14H24O2.C13H22O2.12CH4/c1-8-14(2,3)13(18)19-17(7)15(4,5)12-9-10-16(17,6)11-12;1-4-10(2)15(17)18-16(3)9-11-8-14(16)13-7-5-6-12(11)13;1-5-14(3,4)13(16)17-15(6-2)10-11-7-8-12(15)9-11;1-5-13(2,3)12(15)16-14(4)9-10-6-7-11(14)8-10;1-4-10(3)13(15)16-14(5-2)9-11-6-7-12(14)8-11;1-4-9(2)12(14)15-13(3)8-10-5-6-11(13)7-10;;;;;;;;;;;;/h12H,8-11H2,1-7H3;10-14H,4-9H2,1-3H3;11-12H,5-10H2,1-4H3;10-11H,5-9H2,1-4H3;10-12H,4-9H2,1-3H3;9-11H,4-8H2,1-3H3;12*1H4. The molecule has 0 saturated heterocycles. The zero-order valence-corrected chi connectivity index (χ0v) is 69.3. The third-order valence-electron chi connectivity index (χ3n) is 32.4. The predicted octanol–water partition coefficient (Wildman–Crippen LogP) is 30.2. The van der Waals surface area contributed by atoms with Crippen molar-refractivity contribution in [1.82, 2.24) is 0 Å². The van der Waals surface area contributed by atoms with Crippen LogP contribution in [0.15, 0.2) is 0 Å². The summed E-state index contributed by atoms with van der Waals surface area (Å²) in [5, 5.41) is 0. The zero-order valence-electron chi connectivity index (χ0n) is 69.3. The van der Waals surface area contributed by atoms with Gasteiger partial charge in [-0.05, 0) is 339 Å². The van der Waals surface area contributed by atoms with Crippen molar-refractivity contribution in [2.45, 2.75) is 494 Å². The fourth-order valence-electron chi connectivity index (χ4n) is 22.5. The van der Waals surface area contributed by atoms with Gasteiger partial charge in [-0.1, -0.05) is 192 Å². The van der Waals surface area contributed by atoms with Crippen LogP contribution in [0.4, 0.5) is 0 Å². The first-order valence-corrected chi connectivity index (χ1v) is 42.4. The van der Waals surface area contributed by atoms with Crippen molar-refractivity contribution in [1.29, 1.82) is 0 Å². The van der Waals surface area contributed by atoms with E-state index in [1.807, 2.05) is 83.1 Å². The lowest BCUT2D eigenvalue weighted by Crippen LogP contribution is -2.55. The maximum Gasteiger partial charge on any atom is 0.312 e. The molecular formula is C101H200O12. The first-order chi connectivity index (χ1) is 47.0. The monoisotopic (exact) mass is 1610 g/mol. The molecule has 0 aromatic rings. The van der Waals surface area contributed by atoms with Crippen LogP contribution >= 0.6 is 0 Å². The van der Waals surface area contributed by atoms with Crippen molar-refractivity contribution in [2.24, 2.45) is 122 Å². The minimum atomic E-state index is -0.378. The summed E-state index contributed by atoms with van der Waals surface area (Å²) in [6.07, 6.45) is 37.5. The summed E-state index contributed by atoms with van der Waals surface area (Å²) in [5.74, 6) is 10.0. The lowest BCUT2D eigenvalue weighted by Gasteiger charge is -2.51. The summed E-state index contributed by atoms with van der Waals surface area (Å²) >= 11 is 0. The third-order valence-corrected chi connectivity index (χ3v) is 32.4. The van der Waals surface area contributed by atoms with E-state index in [2.05, 4.69) is 83.1 Å². The highest BCUT2D eigenvalue weighted by Gasteiger charge is 2.70. The molecule has 113 heavy (non-hydrogen) atoms. The van der Waals surface area contributed by atoms with Crippen molar-refractivity contribution in [3.63, 3.8) is 0 Å². The van der Waals surface area contributed by atoms with Crippen molar-refractivity contribution < 1.29 is 57.2 Å². The lowest BCUT2D eigenvalue weighted by molar-refractivity contribution is -0.202. The number of hydrogen-bond donors (Lipinski definition) is 0. The molecule has 0 radical (unpaired) electrons. The Labute approximate surface area is 705 Å². The van der Waals surface area contributed by atoms with E-state index >= 15 is 0 Å². The van der Waals surface area contributed by atoms with Crippen molar-refractivity contribution >= 4 is 35.8 Å². The van der Waals surface area contributed by atoms with Gasteiger partial charge in [0.15, 0.2) is 0 Å². The summed E-state index contributed by atoms with van der Waals surface area (Å²) in [4.78, 5) is 72.7. The van der Waals surface area contributed by atoms with Crippen LogP contribution in [-0.4, -0.2) is 69.4 Å². The largest absolute Gasteiger partial charge is 0.459 e. The first-order valence-electron chi connectivity index (χ1n) is 42.4. The number of hydrogen-bond acceptors (Lipinski definition) is 12. The molecule has 676 valence electrons. The summed E-state index contributed by atoms with van der Waals surface area (Å²) in [7, 11) is 0. The van der Waals surface area contributed by atoms with Gasteiger partial charge in [0.1, 0.15) is 33.6 Å². The van der Waals surface area contributed by atoms with Gasteiger partial charge < -0.3 is 28.4 Å². The Morgan fingerprint density at radius 1 is 0.345 bits per heavy atom. The Hall–Kier alpha value is -3.18. The van der Waals surface area contributed by atoms with E-state index in [9.17, 15) is 28.8 Å². The Morgan fingerprint density at radius 3 is 1.01 bits per heavy atom. The molecule has 0 heterocycles. The molecule has 23 atom stereocenters. The van der Waals surface area contributed by atoms with Gasteiger partial charge in [-0.3, -0.25) is 28.8 Å². The summed E-state index contributed by atoms with van der Waals surface area (Å²) < 4.78 is 35.6. The Kier molecular flexibility index (Phi) is 47.6. The van der Waals surface area contributed by atoms with E-state index in [-0.39, 0.29) is 203 Å². The van der Waals surface area contributed by atoms with Gasteiger partial charge in [-0.25, -0.2) is 0 Å². The minimum Gasteiger partial charge on any atom is -0.459 e. The van der Waals surface area contributed by atoms with Gasteiger partial charge >= 0.3 is 35.8 Å². The first kappa shape index (κ1) is 118. The summed E-state index contributed by atoms with van der Waals surface area (Å²) in [6, 6.07) is 0. The number of rotatable bonds is 20. The summed E-state index contributed by atoms with van der Waals surface area (Å²) in [5.41, 5.74) is -1.78. The smallest absolute Gasteiger partial charge is 0.312 e. The van der Waals surface area contributed by atoms with E-state index in [0.29, 0.717) is 35.5 Å². The SMILES string of the molecule is C.C.C.C.C.C.C.C.C.C.C.C.CCC(C)(C)C(=O)OC1(C)C2(C)CCC(C2)C1(C)C.CCC(C)(C)C(=O)OC1(C)CC2CCC1C2.CCC(C)(C)C(=O)OC1(CC)CC2CCC1C2.CCC(C)C(=O)OC1(C)CC2CC1C1CCCC21.CCC(C)C(=O)OC1(C)CC2CCC1C2.CCC(C)C(=O)OC1(CC)CC2CCC1C2. The summed E-state index contributed by atoms with van der Waals surface area (Å²) in [6.45, 7) is 50.0. The van der Waals surface area contributed by atoms with Crippen LogP contribution in [0.3, 0.4) is 0 Å². The molecule has 13 saturated carbocycles.